The van der Waals surface area contributed by atoms with Crippen LogP contribution in [0.1, 0.15) is 16.1 Å². The number of aryl methyl sites for hydroxylation is 1. The lowest BCUT2D eigenvalue weighted by Gasteiger charge is -2.14. The van der Waals surface area contributed by atoms with E-state index in [2.05, 4.69) is 15.3 Å². The predicted octanol–water partition coefficient (Wildman–Crippen LogP) is 2.22. The van der Waals surface area contributed by atoms with Crippen LogP contribution in [-0.4, -0.2) is 37.8 Å². The van der Waals surface area contributed by atoms with Crippen LogP contribution in [-0.2, 0) is 13.6 Å². The van der Waals surface area contributed by atoms with Gasteiger partial charge in [0.1, 0.15) is 11.5 Å². The number of carbonyl (C=O) groups excluding carboxylic acids is 1. The summed E-state index contributed by atoms with van der Waals surface area (Å²) in [6.07, 6.45) is 3.58. The van der Waals surface area contributed by atoms with Gasteiger partial charge in [-0.15, -0.1) is 0 Å². The molecule has 23 heavy (non-hydrogen) atoms. The molecule has 0 saturated carbocycles. The molecule has 0 unspecified atom stereocenters. The summed E-state index contributed by atoms with van der Waals surface area (Å²) in [5, 5.41) is 10.9. The lowest BCUT2D eigenvalue weighted by atomic mass is 10.1. The van der Waals surface area contributed by atoms with Crippen LogP contribution < -0.4 is 0 Å². The molecule has 0 aliphatic rings. The number of benzene rings is 1. The van der Waals surface area contributed by atoms with E-state index in [0.717, 1.165) is 11.1 Å². The fraction of sp³-hybridized carbons (Fsp3) is 0.188. The van der Waals surface area contributed by atoms with Crippen molar-refractivity contribution in [3.8, 4) is 11.3 Å². The maximum Gasteiger partial charge on any atom is 0.271 e. The fourth-order valence-electron chi connectivity index (χ4n) is 2.30. The zero-order chi connectivity index (χ0) is 16.4. The third kappa shape index (κ3) is 3.28. The van der Waals surface area contributed by atoms with Gasteiger partial charge in [0.05, 0.1) is 11.9 Å². The van der Waals surface area contributed by atoms with Crippen LogP contribution in [0.5, 0.6) is 0 Å². The quantitative estimate of drug-likeness (QED) is 0.803. The summed E-state index contributed by atoms with van der Waals surface area (Å²) < 4.78 is 14.6. The van der Waals surface area contributed by atoms with Crippen LogP contribution in [0, 0.1) is 5.82 Å². The molecule has 7 heteroatoms. The molecule has 0 fully saturated rings. The first-order valence-electron chi connectivity index (χ1n) is 7.07. The zero-order valence-electron chi connectivity index (χ0n) is 12.8. The number of amides is 1. The Balaban J connectivity index is 1.74. The normalized spacial score (nSPS) is 10.7. The molecule has 118 valence electrons. The lowest BCUT2D eigenvalue weighted by Crippen LogP contribution is -2.26. The largest absolute Gasteiger partial charge is 0.336 e. The van der Waals surface area contributed by atoms with Gasteiger partial charge in [-0.3, -0.25) is 14.6 Å². The molecule has 0 bridgehead atoms. The SMILES string of the molecule is CN(Cc1cnn(C)c1)C(=O)c1cc(-c2ccc(F)cc2)n[nH]1. The number of rotatable bonds is 4. The second kappa shape index (κ2) is 6.04. The molecular formula is C16H16FN5O. The molecule has 6 nitrogen and oxygen atoms in total. The number of nitrogens with one attached hydrogen (secondary N) is 1. The van der Waals surface area contributed by atoms with E-state index in [9.17, 15) is 9.18 Å². The van der Waals surface area contributed by atoms with Gasteiger partial charge in [0, 0.05) is 38.0 Å². The van der Waals surface area contributed by atoms with Gasteiger partial charge in [-0.25, -0.2) is 4.39 Å². The van der Waals surface area contributed by atoms with Crippen LogP contribution in [0.3, 0.4) is 0 Å². The number of halogens is 1. The summed E-state index contributed by atoms with van der Waals surface area (Å²) in [6.45, 7) is 0.456. The number of aromatic amines is 1. The smallest absolute Gasteiger partial charge is 0.271 e. The fourth-order valence-corrected chi connectivity index (χ4v) is 2.30. The van der Waals surface area contributed by atoms with Crippen LogP contribution >= 0.6 is 0 Å². The molecule has 0 radical (unpaired) electrons. The second-order valence-corrected chi connectivity index (χ2v) is 5.36. The molecule has 3 aromatic rings. The van der Waals surface area contributed by atoms with Crippen LogP contribution in [0.2, 0.25) is 0 Å². The Morgan fingerprint density at radius 3 is 2.74 bits per heavy atom. The molecule has 1 N–H and O–H groups in total. The Kier molecular flexibility index (Phi) is 3.92. The molecular weight excluding hydrogens is 297 g/mol. The van der Waals surface area contributed by atoms with E-state index in [0.29, 0.717) is 17.9 Å². The summed E-state index contributed by atoms with van der Waals surface area (Å²) in [5.74, 6) is -0.480. The first kappa shape index (κ1) is 15.0. The van der Waals surface area contributed by atoms with Gasteiger partial charge in [0.25, 0.3) is 5.91 Å². The molecule has 0 aliphatic carbocycles. The Morgan fingerprint density at radius 1 is 1.35 bits per heavy atom. The van der Waals surface area contributed by atoms with E-state index >= 15 is 0 Å². The second-order valence-electron chi connectivity index (χ2n) is 5.36. The monoisotopic (exact) mass is 313 g/mol. The van der Waals surface area contributed by atoms with Crippen molar-refractivity contribution < 1.29 is 9.18 Å². The van der Waals surface area contributed by atoms with E-state index in [1.165, 1.54) is 12.1 Å². The standard InChI is InChI=1S/C16H16FN5O/c1-21(9-11-8-18-22(2)10-11)16(23)15-7-14(19-20-15)12-3-5-13(17)6-4-12/h3-8,10H,9H2,1-2H3,(H,19,20). The highest BCUT2D eigenvalue weighted by Gasteiger charge is 2.16. The highest BCUT2D eigenvalue weighted by molar-refractivity contribution is 5.93. The Hall–Kier alpha value is -2.96. The van der Waals surface area contributed by atoms with Crippen molar-refractivity contribution in [1.82, 2.24) is 24.9 Å². The number of hydrogen-bond donors (Lipinski definition) is 1. The molecule has 2 heterocycles. The summed E-state index contributed by atoms with van der Waals surface area (Å²) in [4.78, 5) is 14.0. The highest BCUT2D eigenvalue weighted by atomic mass is 19.1. The molecule has 2 aromatic heterocycles. The first-order valence-corrected chi connectivity index (χ1v) is 7.07. The van der Waals surface area contributed by atoms with Gasteiger partial charge in [-0.1, -0.05) is 0 Å². The third-order valence-corrected chi connectivity index (χ3v) is 3.47. The zero-order valence-corrected chi connectivity index (χ0v) is 12.8. The van der Waals surface area contributed by atoms with Gasteiger partial charge in [-0.05, 0) is 30.3 Å². The van der Waals surface area contributed by atoms with Gasteiger partial charge in [0.15, 0.2) is 0 Å². The summed E-state index contributed by atoms with van der Waals surface area (Å²) in [7, 11) is 3.54. The third-order valence-electron chi connectivity index (χ3n) is 3.47. The minimum atomic E-state index is -0.309. The van der Waals surface area contributed by atoms with Crippen molar-refractivity contribution in [2.45, 2.75) is 6.54 Å². The Labute approximate surface area is 132 Å². The van der Waals surface area contributed by atoms with Crippen molar-refractivity contribution in [3.63, 3.8) is 0 Å². The van der Waals surface area contributed by atoms with Crippen LogP contribution in [0.25, 0.3) is 11.3 Å². The van der Waals surface area contributed by atoms with Crippen LogP contribution in [0.4, 0.5) is 4.39 Å². The molecule has 0 spiro atoms. The van der Waals surface area contributed by atoms with Crippen molar-refractivity contribution in [2.24, 2.45) is 7.05 Å². The molecule has 3 rings (SSSR count). The average Bonchev–Trinajstić information content (AvgIpc) is 3.16. The van der Waals surface area contributed by atoms with E-state index < -0.39 is 0 Å². The van der Waals surface area contributed by atoms with Crippen molar-refractivity contribution in [2.75, 3.05) is 7.05 Å². The van der Waals surface area contributed by atoms with Crippen LogP contribution in [0.15, 0.2) is 42.7 Å². The predicted molar refractivity (Wildman–Crippen MR) is 83.0 cm³/mol. The summed E-state index contributed by atoms with van der Waals surface area (Å²) in [6, 6.07) is 7.63. The minimum absolute atomic E-state index is 0.172. The Morgan fingerprint density at radius 2 is 2.09 bits per heavy atom. The maximum absolute atomic E-state index is 13.0. The van der Waals surface area contributed by atoms with Gasteiger partial charge in [0.2, 0.25) is 0 Å². The number of H-pyrrole nitrogens is 1. The van der Waals surface area contributed by atoms with E-state index in [1.54, 1.807) is 41.0 Å². The summed E-state index contributed by atoms with van der Waals surface area (Å²) >= 11 is 0. The Bertz CT molecular complexity index is 821. The molecule has 0 atom stereocenters. The van der Waals surface area contributed by atoms with E-state index in [4.69, 9.17) is 0 Å². The molecule has 1 aromatic carbocycles. The van der Waals surface area contributed by atoms with E-state index in [-0.39, 0.29) is 11.7 Å². The average molecular weight is 313 g/mol. The summed E-state index contributed by atoms with van der Waals surface area (Å²) in [5.41, 5.74) is 2.68. The first-order chi connectivity index (χ1) is 11.0. The topological polar surface area (TPSA) is 66.8 Å². The van der Waals surface area contributed by atoms with Crippen molar-refractivity contribution in [1.29, 1.82) is 0 Å². The van der Waals surface area contributed by atoms with Crippen molar-refractivity contribution >= 4 is 5.91 Å². The number of aromatic nitrogens is 4. The molecule has 1 amide bonds. The number of nitrogens with zero attached hydrogens (tertiary/aromatic N) is 4. The number of hydrogen-bond acceptors (Lipinski definition) is 3. The number of carbonyl (C=O) groups is 1. The van der Waals surface area contributed by atoms with Gasteiger partial charge < -0.3 is 4.90 Å². The highest BCUT2D eigenvalue weighted by Crippen LogP contribution is 2.18. The van der Waals surface area contributed by atoms with Gasteiger partial charge >= 0.3 is 0 Å². The maximum atomic E-state index is 13.0. The molecule has 0 aliphatic heterocycles. The van der Waals surface area contributed by atoms with E-state index in [1.807, 2.05) is 13.2 Å². The van der Waals surface area contributed by atoms with Crippen molar-refractivity contribution in [3.05, 3.63) is 59.8 Å². The molecule has 0 saturated heterocycles. The van der Waals surface area contributed by atoms with Gasteiger partial charge in [-0.2, -0.15) is 10.2 Å². The lowest BCUT2D eigenvalue weighted by molar-refractivity contribution is 0.0779. The minimum Gasteiger partial charge on any atom is -0.336 e.